The summed E-state index contributed by atoms with van der Waals surface area (Å²) in [5.74, 6) is -3.62. The number of rotatable bonds is 10. The molecule has 0 aromatic heterocycles. The molecule has 3 aromatic rings. The van der Waals surface area contributed by atoms with Gasteiger partial charge in [-0.15, -0.1) is 0 Å². The van der Waals surface area contributed by atoms with Gasteiger partial charge in [-0.25, -0.2) is 18.0 Å². The highest BCUT2D eigenvalue weighted by Crippen LogP contribution is 2.34. The number of halogens is 6. The van der Waals surface area contributed by atoms with E-state index < -0.39 is 51.6 Å². The van der Waals surface area contributed by atoms with Crippen molar-refractivity contribution in [3.63, 3.8) is 0 Å². The monoisotopic (exact) mass is 1300 g/mol. The minimum Gasteiger partial charge on any atom is -0.744 e. The molecule has 0 unspecified atom stereocenters. The van der Waals surface area contributed by atoms with Crippen molar-refractivity contribution < 1.29 is 51.8 Å². The summed E-state index contributed by atoms with van der Waals surface area (Å²) < 4.78 is 53.6. The number of phenols is 2. The van der Waals surface area contributed by atoms with E-state index in [2.05, 4.69) is 0 Å². The molecule has 3 aromatic carbocycles. The number of carbonyl (C=O) groups excluding carboxylic acids is 3. The second kappa shape index (κ2) is 15.9. The second-order valence-electron chi connectivity index (χ2n) is 8.91. The number of esters is 3. The molecule has 0 bridgehead atoms. The molecule has 0 heterocycles. The van der Waals surface area contributed by atoms with Crippen LogP contribution in [0.15, 0.2) is 41.3 Å². The van der Waals surface area contributed by atoms with E-state index in [4.69, 9.17) is 14.2 Å². The molecule has 0 aliphatic carbocycles. The van der Waals surface area contributed by atoms with Crippen LogP contribution in [0.3, 0.4) is 0 Å². The maximum absolute atomic E-state index is 13.7. The van der Waals surface area contributed by atoms with E-state index in [-0.39, 0.29) is 41.9 Å². The van der Waals surface area contributed by atoms with Crippen molar-refractivity contribution in [2.75, 3.05) is 13.2 Å². The number of hydrogen-bond acceptors (Lipinski definition) is 11. The lowest BCUT2D eigenvalue weighted by molar-refractivity contribution is -0.152. The summed E-state index contributed by atoms with van der Waals surface area (Å²) in [6, 6.07) is 8.47. The normalized spacial score (nSPS) is 11.6. The fourth-order valence-corrected chi connectivity index (χ4v) is 11.2. The van der Waals surface area contributed by atoms with Crippen molar-refractivity contribution in [1.29, 1.82) is 0 Å². The molecular formula is C26H17I6O11S-. The molecule has 0 spiro atoms. The van der Waals surface area contributed by atoms with Gasteiger partial charge in [-0.05, 0) is 178 Å². The number of aromatic hydroxyl groups is 2. The van der Waals surface area contributed by atoms with Crippen LogP contribution >= 0.6 is 136 Å². The molecule has 18 heteroatoms. The van der Waals surface area contributed by atoms with Gasteiger partial charge in [-0.2, -0.15) is 0 Å². The molecule has 0 aliphatic heterocycles. The quantitative estimate of drug-likeness (QED) is 0.0963. The van der Waals surface area contributed by atoms with E-state index in [1.807, 2.05) is 90.4 Å². The molecule has 2 N–H and O–H groups in total. The Hall–Kier alpha value is -0.0400. The van der Waals surface area contributed by atoms with E-state index in [9.17, 15) is 37.6 Å². The summed E-state index contributed by atoms with van der Waals surface area (Å²) in [6.45, 7) is 0.279. The van der Waals surface area contributed by atoms with E-state index in [0.717, 1.165) is 0 Å². The topological polar surface area (TPSA) is 177 Å². The number of benzene rings is 3. The van der Waals surface area contributed by atoms with Gasteiger partial charge in [0.2, 0.25) is 0 Å². The number of phenolic OH excluding ortho intramolecular Hbond substituents is 2. The van der Waals surface area contributed by atoms with Gasteiger partial charge in [-0.3, -0.25) is 4.79 Å². The Bertz CT molecular complexity index is 1670. The zero-order chi connectivity index (χ0) is 33.1. The summed E-state index contributed by atoms with van der Waals surface area (Å²) in [5.41, 5.74) is -2.08. The smallest absolute Gasteiger partial charge is 0.342 e. The Morgan fingerprint density at radius 2 is 1.16 bits per heavy atom. The van der Waals surface area contributed by atoms with Gasteiger partial charge >= 0.3 is 17.9 Å². The average Bonchev–Trinajstić information content (AvgIpc) is 2.91. The molecule has 0 saturated carbocycles. The Morgan fingerprint density at radius 3 is 1.52 bits per heavy atom. The largest absolute Gasteiger partial charge is 0.744 e. The zero-order valence-corrected chi connectivity index (χ0v) is 35.6. The van der Waals surface area contributed by atoms with Gasteiger partial charge in [-0.1, -0.05) is 6.92 Å². The molecule has 0 aliphatic rings. The van der Waals surface area contributed by atoms with Crippen molar-refractivity contribution in [2.24, 2.45) is 5.41 Å². The minimum atomic E-state index is -4.81. The molecule has 0 amide bonds. The van der Waals surface area contributed by atoms with Gasteiger partial charge < -0.3 is 29.0 Å². The molecular weight excluding hydrogens is 1280 g/mol. The lowest BCUT2D eigenvalue weighted by atomic mass is 9.87. The summed E-state index contributed by atoms with van der Waals surface area (Å²) in [7, 11) is -4.81. The Kier molecular flexibility index (Phi) is 13.9. The third kappa shape index (κ3) is 9.31. The number of carbonyl (C=O) groups is 3. The predicted molar refractivity (Wildman–Crippen MR) is 206 cm³/mol. The van der Waals surface area contributed by atoms with Gasteiger partial charge in [0.15, 0.2) is 0 Å². The SMILES string of the molecule is CCC(COC(=O)c1cc(I)cc(I)c1O)(COC(=O)c1cc(I)cc(I)c1O)C(=O)Oc1cc(I)c(S(=O)(=O)[O-])c(I)c1. The van der Waals surface area contributed by atoms with E-state index >= 15 is 0 Å². The fourth-order valence-electron chi connectivity index (χ4n) is 3.56. The van der Waals surface area contributed by atoms with Crippen molar-refractivity contribution >= 4 is 164 Å². The summed E-state index contributed by atoms with van der Waals surface area (Å²) in [6.07, 6.45) is -0.0702. The van der Waals surface area contributed by atoms with Crippen molar-refractivity contribution in [1.82, 2.24) is 0 Å². The van der Waals surface area contributed by atoms with Crippen LogP contribution in [-0.2, 0) is 24.4 Å². The maximum atomic E-state index is 13.7. The summed E-state index contributed by atoms with van der Waals surface area (Å²) >= 11 is 10.9. The molecule has 3 rings (SSSR count). The second-order valence-corrected chi connectivity index (χ2v) is 17.4. The molecule has 0 radical (unpaired) electrons. The van der Waals surface area contributed by atoms with Crippen LogP contribution in [0.2, 0.25) is 0 Å². The van der Waals surface area contributed by atoms with Crippen molar-refractivity contribution in [3.8, 4) is 17.2 Å². The van der Waals surface area contributed by atoms with Crippen molar-refractivity contribution in [2.45, 2.75) is 18.2 Å². The van der Waals surface area contributed by atoms with Crippen LogP contribution in [0.5, 0.6) is 17.2 Å². The highest BCUT2D eigenvalue weighted by Gasteiger charge is 2.43. The van der Waals surface area contributed by atoms with E-state index in [1.165, 1.54) is 24.3 Å². The molecule has 0 fully saturated rings. The summed E-state index contributed by atoms with van der Waals surface area (Å²) in [4.78, 5) is 39.3. The van der Waals surface area contributed by atoms with Crippen LogP contribution in [0.4, 0.5) is 0 Å². The highest BCUT2D eigenvalue weighted by molar-refractivity contribution is 14.1. The van der Waals surface area contributed by atoms with Crippen LogP contribution in [0.25, 0.3) is 0 Å². The first-order valence-corrected chi connectivity index (χ1v) is 19.7. The minimum absolute atomic E-state index is 0.0137. The fraction of sp³-hybridized carbons (Fsp3) is 0.192. The zero-order valence-electron chi connectivity index (χ0n) is 21.8. The van der Waals surface area contributed by atoms with Gasteiger partial charge in [0.1, 0.15) is 57.1 Å². The Balaban J connectivity index is 1.98. The third-order valence-electron chi connectivity index (χ3n) is 6.00. The third-order valence-corrected chi connectivity index (χ3v) is 12.3. The van der Waals surface area contributed by atoms with Crippen molar-refractivity contribution in [3.05, 3.63) is 68.9 Å². The van der Waals surface area contributed by atoms with Gasteiger partial charge in [0, 0.05) is 14.3 Å². The first-order chi connectivity index (χ1) is 20.4. The van der Waals surface area contributed by atoms with Crippen LogP contribution in [-0.4, -0.2) is 54.3 Å². The Morgan fingerprint density at radius 1 is 0.750 bits per heavy atom. The summed E-state index contributed by atoms with van der Waals surface area (Å²) in [5, 5.41) is 20.8. The van der Waals surface area contributed by atoms with Crippen LogP contribution < -0.4 is 4.74 Å². The van der Waals surface area contributed by atoms with Crippen LogP contribution in [0, 0.1) is 26.8 Å². The maximum Gasteiger partial charge on any atom is 0.342 e. The first-order valence-electron chi connectivity index (χ1n) is 11.8. The Labute approximate surface area is 333 Å². The highest BCUT2D eigenvalue weighted by atomic mass is 127. The number of ether oxygens (including phenoxy) is 3. The van der Waals surface area contributed by atoms with Gasteiger partial charge in [0.05, 0.1) is 12.0 Å². The lowest BCUT2D eigenvalue weighted by Gasteiger charge is -2.29. The molecule has 0 saturated heterocycles. The number of hydrogen-bond donors (Lipinski definition) is 2. The molecule has 0 atom stereocenters. The molecule has 236 valence electrons. The van der Waals surface area contributed by atoms with Gasteiger partial charge in [0.25, 0.3) is 0 Å². The first kappa shape index (κ1) is 38.4. The van der Waals surface area contributed by atoms with E-state index in [0.29, 0.717) is 14.3 Å². The molecule has 11 nitrogen and oxygen atoms in total. The lowest BCUT2D eigenvalue weighted by Crippen LogP contribution is -2.44. The predicted octanol–water partition coefficient (Wildman–Crippen LogP) is 6.65. The average molecular weight is 1300 g/mol. The molecule has 44 heavy (non-hydrogen) atoms. The standard InChI is InChI=1S/C26H18I6O11S/c1-2-26(9-41-23(35)14-3-11(27)5-16(29)20(14)33,10-42-24(36)15-4-12(28)6-17(30)21(15)34)25(37)43-13-7-18(31)22(19(32)8-13)44(38,39)40/h3-8,33-34H,2,9-10H2,1H3,(H,38,39,40)/p-1. The van der Waals surface area contributed by atoms with Crippen LogP contribution in [0.1, 0.15) is 34.1 Å². The van der Waals surface area contributed by atoms with E-state index in [1.54, 1.807) is 64.2 Å².